The second kappa shape index (κ2) is 8.57. The Morgan fingerprint density at radius 2 is 1.48 bits per heavy atom. The maximum absolute atomic E-state index is 3.48. The van der Waals surface area contributed by atoms with E-state index >= 15 is 0 Å². The van der Waals surface area contributed by atoms with Crippen LogP contribution in [0.4, 0.5) is 5.69 Å². The molecular formula is C18H29Cl2N3. The Hall–Kier alpha value is -0.480. The first-order valence-electron chi connectivity index (χ1n) is 8.71. The van der Waals surface area contributed by atoms with Crippen LogP contribution in [0, 0.1) is 5.92 Å². The van der Waals surface area contributed by atoms with Crippen molar-refractivity contribution < 1.29 is 0 Å². The van der Waals surface area contributed by atoms with E-state index in [4.69, 9.17) is 0 Å². The molecule has 1 N–H and O–H groups in total. The lowest BCUT2D eigenvalue weighted by atomic mass is 9.99. The zero-order valence-corrected chi connectivity index (χ0v) is 15.4. The predicted octanol–water partition coefficient (Wildman–Crippen LogP) is 3.49. The van der Waals surface area contributed by atoms with Gasteiger partial charge in [-0.3, -0.25) is 4.90 Å². The highest BCUT2D eigenvalue weighted by Crippen LogP contribution is 2.44. The molecule has 5 heteroatoms. The van der Waals surface area contributed by atoms with E-state index in [2.05, 4.69) is 39.4 Å². The van der Waals surface area contributed by atoms with Gasteiger partial charge in [0.05, 0.1) is 0 Å². The maximum Gasteiger partial charge on any atom is 0.0377 e. The van der Waals surface area contributed by atoms with Gasteiger partial charge in [-0.15, -0.1) is 24.8 Å². The van der Waals surface area contributed by atoms with Crippen molar-refractivity contribution in [2.45, 2.75) is 31.7 Å². The first-order chi connectivity index (χ1) is 10.4. The number of nitrogens with one attached hydrogen (secondary N) is 1. The summed E-state index contributed by atoms with van der Waals surface area (Å²) >= 11 is 0. The topological polar surface area (TPSA) is 18.5 Å². The summed E-state index contributed by atoms with van der Waals surface area (Å²) in [4.78, 5) is 5.24. The quantitative estimate of drug-likeness (QED) is 0.889. The van der Waals surface area contributed by atoms with E-state index < -0.39 is 0 Å². The molecule has 0 aromatic heterocycles. The average Bonchev–Trinajstić information content (AvgIpc) is 3.22. The summed E-state index contributed by atoms with van der Waals surface area (Å²) in [6, 6.07) is 10.2. The van der Waals surface area contributed by atoms with E-state index in [1.807, 2.05) is 0 Å². The van der Waals surface area contributed by atoms with E-state index in [1.165, 1.54) is 57.5 Å². The normalized spacial score (nSPS) is 23.0. The zero-order valence-electron chi connectivity index (χ0n) is 13.7. The highest BCUT2D eigenvalue weighted by atomic mass is 35.5. The SMILES string of the molecule is Cl.Cl.c1cc(N2CCCC2)ccc1[C@@H](C1CC1)N1CCNCC1. The van der Waals surface area contributed by atoms with Gasteiger partial charge in [0.15, 0.2) is 0 Å². The van der Waals surface area contributed by atoms with Crippen LogP contribution in [0.25, 0.3) is 0 Å². The van der Waals surface area contributed by atoms with Crippen molar-refractivity contribution >= 4 is 30.5 Å². The lowest BCUT2D eigenvalue weighted by molar-refractivity contribution is 0.156. The second-order valence-electron chi connectivity index (χ2n) is 6.85. The van der Waals surface area contributed by atoms with Crippen LogP contribution in [0.2, 0.25) is 0 Å². The van der Waals surface area contributed by atoms with Gasteiger partial charge in [-0.05, 0) is 49.3 Å². The average molecular weight is 358 g/mol. The van der Waals surface area contributed by atoms with Crippen molar-refractivity contribution in [2.24, 2.45) is 5.92 Å². The molecule has 1 atom stereocenters. The first-order valence-corrected chi connectivity index (χ1v) is 8.71. The molecule has 2 aliphatic heterocycles. The molecule has 0 unspecified atom stereocenters. The van der Waals surface area contributed by atoms with Crippen molar-refractivity contribution in [3.63, 3.8) is 0 Å². The van der Waals surface area contributed by atoms with Gasteiger partial charge >= 0.3 is 0 Å². The number of halogens is 2. The minimum atomic E-state index is 0. The van der Waals surface area contributed by atoms with Gasteiger partial charge in [0.25, 0.3) is 0 Å². The molecule has 3 nitrogen and oxygen atoms in total. The molecule has 130 valence electrons. The monoisotopic (exact) mass is 357 g/mol. The summed E-state index contributed by atoms with van der Waals surface area (Å²) in [7, 11) is 0. The summed E-state index contributed by atoms with van der Waals surface area (Å²) in [5.41, 5.74) is 2.97. The smallest absolute Gasteiger partial charge is 0.0377 e. The van der Waals surface area contributed by atoms with Gasteiger partial charge in [-0.1, -0.05) is 12.1 Å². The Labute approximate surface area is 152 Å². The Kier molecular flexibility index (Phi) is 7.02. The van der Waals surface area contributed by atoms with Gasteiger partial charge in [0.2, 0.25) is 0 Å². The van der Waals surface area contributed by atoms with Crippen LogP contribution >= 0.6 is 24.8 Å². The van der Waals surface area contributed by atoms with Gasteiger partial charge in [0.1, 0.15) is 0 Å². The number of hydrogen-bond acceptors (Lipinski definition) is 3. The van der Waals surface area contributed by atoms with E-state index in [0.29, 0.717) is 6.04 Å². The van der Waals surface area contributed by atoms with Crippen molar-refractivity contribution in [1.29, 1.82) is 0 Å². The molecule has 0 amide bonds. The summed E-state index contributed by atoms with van der Waals surface area (Å²) in [6.45, 7) is 7.18. The number of rotatable bonds is 4. The highest BCUT2D eigenvalue weighted by Gasteiger charge is 2.36. The summed E-state index contributed by atoms with van der Waals surface area (Å²) in [6.07, 6.45) is 5.55. The van der Waals surface area contributed by atoms with E-state index in [-0.39, 0.29) is 24.8 Å². The number of piperazine rings is 1. The van der Waals surface area contributed by atoms with Gasteiger partial charge < -0.3 is 10.2 Å². The van der Waals surface area contributed by atoms with Gasteiger partial charge in [-0.25, -0.2) is 0 Å². The lowest BCUT2D eigenvalue weighted by Gasteiger charge is -2.35. The Balaban J connectivity index is 0.000000960. The summed E-state index contributed by atoms with van der Waals surface area (Å²) in [5.74, 6) is 0.903. The Bertz CT molecular complexity index is 464. The lowest BCUT2D eigenvalue weighted by Crippen LogP contribution is -2.45. The molecule has 4 rings (SSSR count). The van der Waals surface area contributed by atoms with Crippen LogP contribution in [0.15, 0.2) is 24.3 Å². The fraction of sp³-hybridized carbons (Fsp3) is 0.667. The van der Waals surface area contributed by atoms with Gasteiger partial charge in [-0.2, -0.15) is 0 Å². The fourth-order valence-corrected chi connectivity index (χ4v) is 4.01. The summed E-state index contributed by atoms with van der Waals surface area (Å²) < 4.78 is 0. The molecule has 3 fully saturated rings. The molecule has 1 aromatic rings. The second-order valence-corrected chi connectivity index (χ2v) is 6.85. The molecule has 2 saturated heterocycles. The molecular weight excluding hydrogens is 329 g/mol. The predicted molar refractivity (Wildman–Crippen MR) is 102 cm³/mol. The number of nitrogens with zero attached hydrogens (tertiary/aromatic N) is 2. The molecule has 1 aliphatic carbocycles. The van der Waals surface area contributed by atoms with Crippen LogP contribution in [0.5, 0.6) is 0 Å². The van der Waals surface area contributed by atoms with Crippen LogP contribution in [-0.2, 0) is 0 Å². The zero-order chi connectivity index (χ0) is 14.1. The number of anilines is 1. The molecule has 3 aliphatic rings. The van der Waals surface area contributed by atoms with Crippen molar-refractivity contribution in [3.8, 4) is 0 Å². The maximum atomic E-state index is 3.48. The van der Waals surface area contributed by atoms with Crippen LogP contribution in [-0.4, -0.2) is 44.2 Å². The number of benzene rings is 1. The van der Waals surface area contributed by atoms with Crippen LogP contribution in [0.1, 0.15) is 37.3 Å². The minimum Gasteiger partial charge on any atom is -0.372 e. The largest absolute Gasteiger partial charge is 0.372 e. The molecule has 2 heterocycles. The molecule has 0 bridgehead atoms. The van der Waals surface area contributed by atoms with Crippen molar-refractivity contribution in [1.82, 2.24) is 10.2 Å². The van der Waals surface area contributed by atoms with E-state index in [0.717, 1.165) is 19.0 Å². The Morgan fingerprint density at radius 3 is 2.04 bits per heavy atom. The standard InChI is InChI=1S/C18H27N3.2ClH/c1-2-12-20(11-1)17-7-5-16(6-8-17)18(15-3-4-15)21-13-9-19-10-14-21;;/h5-8,15,18-19H,1-4,9-14H2;2*1H/t18-;;/m1../s1. The van der Waals surface area contributed by atoms with Crippen LogP contribution < -0.4 is 10.2 Å². The summed E-state index contributed by atoms with van der Waals surface area (Å²) in [5, 5.41) is 3.48. The third-order valence-corrected chi connectivity index (χ3v) is 5.32. The van der Waals surface area contributed by atoms with Crippen molar-refractivity contribution in [2.75, 3.05) is 44.2 Å². The highest BCUT2D eigenvalue weighted by molar-refractivity contribution is 5.85. The molecule has 0 spiro atoms. The molecule has 23 heavy (non-hydrogen) atoms. The van der Waals surface area contributed by atoms with Crippen LogP contribution in [0.3, 0.4) is 0 Å². The first kappa shape index (κ1) is 18.9. The minimum absolute atomic E-state index is 0. The molecule has 1 aromatic carbocycles. The number of hydrogen-bond donors (Lipinski definition) is 1. The molecule has 1 saturated carbocycles. The van der Waals surface area contributed by atoms with E-state index in [9.17, 15) is 0 Å². The third kappa shape index (κ3) is 4.33. The van der Waals surface area contributed by atoms with E-state index in [1.54, 1.807) is 5.56 Å². The Morgan fingerprint density at radius 1 is 0.870 bits per heavy atom. The van der Waals surface area contributed by atoms with Crippen molar-refractivity contribution in [3.05, 3.63) is 29.8 Å². The fourth-order valence-electron chi connectivity index (χ4n) is 4.01. The third-order valence-electron chi connectivity index (χ3n) is 5.32. The molecule has 0 radical (unpaired) electrons. The van der Waals surface area contributed by atoms with Gasteiger partial charge in [0, 0.05) is 51.0 Å².